The fraction of sp³-hybridized carbons (Fsp3) is 0.455. The summed E-state index contributed by atoms with van der Waals surface area (Å²) in [4.78, 5) is 80.8. The van der Waals surface area contributed by atoms with Gasteiger partial charge in [-0.25, -0.2) is 19.6 Å². The molecule has 1 heterocycles. The van der Waals surface area contributed by atoms with Gasteiger partial charge in [0.05, 0.1) is 73.1 Å². The number of thiazole rings is 1. The molecule has 0 unspecified atom stereocenters. The van der Waals surface area contributed by atoms with Crippen LogP contribution in [0, 0.1) is 23.7 Å². The van der Waals surface area contributed by atoms with Gasteiger partial charge in [0.15, 0.2) is 0 Å². The van der Waals surface area contributed by atoms with Crippen molar-refractivity contribution in [2.45, 2.75) is 133 Å². The van der Waals surface area contributed by atoms with Gasteiger partial charge in [-0.3, -0.25) is 19.2 Å². The number of carbonyl (C=O) groups excluding carboxylic acids is 6. The van der Waals surface area contributed by atoms with E-state index >= 15 is 8.78 Å². The van der Waals surface area contributed by atoms with Gasteiger partial charge in [0.25, 0.3) is 0 Å². The lowest BCUT2D eigenvalue weighted by Crippen LogP contribution is -2.61. The van der Waals surface area contributed by atoms with E-state index in [-0.39, 0.29) is 90.6 Å². The molecule has 17 nitrogen and oxygen atoms in total. The molecule has 0 amide bonds. The zero-order valence-electron chi connectivity index (χ0n) is 50.5. The highest BCUT2D eigenvalue weighted by atomic mass is 32.1. The van der Waals surface area contributed by atoms with E-state index in [9.17, 15) is 59.5 Å². The highest BCUT2D eigenvalue weighted by molar-refractivity contribution is 7.22. The van der Waals surface area contributed by atoms with Gasteiger partial charge in [-0.15, -0.1) is 0 Å². The number of para-hydroxylation sites is 1. The zero-order chi connectivity index (χ0) is 67.2. The molecule has 93 heavy (non-hydrogen) atoms. The Morgan fingerprint density at radius 3 is 1.37 bits per heavy atom. The third-order valence-corrected chi connectivity index (χ3v) is 16.5. The number of unbranched alkanes of at least 4 members (excludes halogenated alkanes) is 6. The van der Waals surface area contributed by atoms with Gasteiger partial charge in [0.1, 0.15) is 34.5 Å². The van der Waals surface area contributed by atoms with Crippen molar-refractivity contribution in [3.05, 3.63) is 122 Å². The molecule has 4 aromatic carbocycles. The second kappa shape index (κ2) is 33.9. The first kappa shape index (κ1) is 71.9. The lowest BCUT2D eigenvalue weighted by Gasteiger charge is -2.34. The number of aromatic nitrogens is 1. The van der Waals surface area contributed by atoms with Crippen molar-refractivity contribution >= 4 is 68.7 Å². The summed E-state index contributed by atoms with van der Waals surface area (Å²) >= 11 is 0.780. The largest absolute Gasteiger partial charge is 0.494 e. The molecule has 7 rings (SSSR count). The quantitative estimate of drug-likeness (QED) is 0.00714. The molecule has 0 radical (unpaired) electrons. The second-order valence-electron chi connectivity index (χ2n) is 22.1. The van der Waals surface area contributed by atoms with E-state index in [0.29, 0.717) is 60.5 Å². The van der Waals surface area contributed by atoms with E-state index in [1.54, 1.807) is 66.7 Å². The Kier molecular flexibility index (Phi) is 26.2. The topological polar surface area (TPSA) is 205 Å². The average molecular weight is 1330 g/mol. The first-order valence-corrected chi connectivity index (χ1v) is 31.1. The summed E-state index contributed by atoms with van der Waals surface area (Å²) in [7, 11) is 0. The average Bonchev–Trinajstić information content (AvgIpc) is 1.15. The van der Waals surface area contributed by atoms with Gasteiger partial charge in [-0.1, -0.05) is 36.6 Å². The maximum atomic E-state index is 15.1. The SMILES string of the molecule is C=CC(=O)OCCCCCCOc1ccc(OC(=O)C2CCC(C(=O)Oc3ccc(OC(=O)C4CCC(C(=O)Oc5ccc(OCCCCCCOC(=O)C=C)cc5)CC4)c(/C=N/N(CCC(F)(F)C(F)(F)C(F)(F)C(F)(F)F)c4nc5ccccc5s4)c3)CC2)cc1. The molecule has 0 aliphatic heterocycles. The molecule has 1 aromatic heterocycles. The summed E-state index contributed by atoms with van der Waals surface area (Å²) in [6.07, 6.45) is 1.75. The predicted octanol–water partition coefficient (Wildman–Crippen LogP) is 15.0. The number of carbonyl (C=O) groups is 6. The highest BCUT2D eigenvalue weighted by Crippen LogP contribution is 2.54. The molecule has 0 spiro atoms. The Morgan fingerprint density at radius 2 is 0.925 bits per heavy atom. The number of rotatable bonds is 34. The maximum absolute atomic E-state index is 15.1. The van der Waals surface area contributed by atoms with E-state index < -0.39 is 96.4 Å². The predicted molar refractivity (Wildman–Crippen MR) is 323 cm³/mol. The van der Waals surface area contributed by atoms with Crippen molar-refractivity contribution in [1.82, 2.24) is 4.98 Å². The molecule has 27 heteroatoms. The molecule has 502 valence electrons. The monoisotopic (exact) mass is 1330 g/mol. The van der Waals surface area contributed by atoms with Crippen LogP contribution in [0.3, 0.4) is 0 Å². The van der Waals surface area contributed by atoms with Gasteiger partial charge < -0.3 is 37.9 Å². The van der Waals surface area contributed by atoms with Crippen LogP contribution >= 0.6 is 11.3 Å². The molecule has 2 aliphatic rings. The van der Waals surface area contributed by atoms with E-state index in [4.69, 9.17) is 37.9 Å². The number of halogens is 9. The van der Waals surface area contributed by atoms with Crippen LogP contribution in [0.4, 0.5) is 44.6 Å². The van der Waals surface area contributed by atoms with Gasteiger partial charge >= 0.3 is 59.8 Å². The van der Waals surface area contributed by atoms with Crippen molar-refractivity contribution in [3.8, 4) is 34.5 Å². The number of esters is 6. The number of alkyl halides is 9. The molecule has 5 aromatic rings. The number of hydrogen-bond donors (Lipinski definition) is 0. The van der Waals surface area contributed by atoms with E-state index in [1.165, 1.54) is 24.3 Å². The zero-order valence-corrected chi connectivity index (χ0v) is 51.4. The van der Waals surface area contributed by atoms with E-state index in [1.807, 2.05) is 0 Å². The Morgan fingerprint density at radius 1 is 0.516 bits per heavy atom. The van der Waals surface area contributed by atoms with Crippen molar-refractivity contribution in [3.63, 3.8) is 0 Å². The molecule has 2 fully saturated rings. The Bertz CT molecular complexity index is 3330. The number of ether oxygens (including phenoxy) is 8. The van der Waals surface area contributed by atoms with Crippen LogP contribution in [0.25, 0.3) is 10.2 Å². The van der Waals surface area contributed by atoms with Crippen molar-refractivity contribution in [1.29, 1.82) is 0 Å². The van der Waals surface area contributed by atoms with E-state index in [0.717, 1.165) is 68.2 Å². The van der Waals surface area contributed by atoms with Crippen molar-refractivity contribution in [2.75, 3.05) is 38.0 Å². The highest BCUT2D eigenvalue weighted by Gasteiger charge is 2.81. The number of hydrogen-bond acceptors (Lipinski definition) is 18. The lowest BCUT2D eigenvalue weighted by molar-refractivity contribution is -0.396. The fourth-order valence-corrected chi connectivity index (χ4v) is 10.9. The van der Waals surface area contributed by atoms with Crippen molar-refractivity contribution in [2.24, 2.45) is 28.8 Å². The van der Waals surface area contributed by atoms with E-state index in [2.05, 4.69) is 23.2 Å². The number of hydrazone groups is 1. The van der Waals surface area contributed by atoms with Gasteiger partial charge in [-0.05, 0) is 182 Å². The summed E-state index contributed by atoms with van der Waals surface area (Å²) in [6, 6.07) is 22.8. The third kappa shape index (κ3) is 20.8. The Labute approximate surface area is 534 Å². The maximum Gasteiger partial charge on any atom is 0.460 e. The molecule has 0 saturated heterocycles. The van der Waals surface area contributed by atoms with Crippen LogP contribution in [0.2, 0.25) is 0 Å². The molecule has 2 saturated carbocycles. The minimum Gasteiger partial charge on any atom is -0.494 e. The third-order valence-electron chi connectivity index (χ3n) is 15.4. The standard InChI is InChI=1S/C66H70F9N3O14S/c1-3-56(79)87-39-13-7-5-11-37-85-48-25-29-50(30-26-48)89-58(81)43-17-19-45(20-18-43)60(83)91-52-33-34-54(47(41-52)42-76-78(62-77-53-15-9-10-16-55(53)93-62)36-35-63(67,68)64(69,70)65(71,72)66(73,74)75)92-61(84)46-23-21-44(22-24-46)59(82)90-51-31-27-49(28-32-51)86-38-12-6-8-14-40-88-57(80)4-2/h3-4,9-10,15-16,25-34,41-46H,1-2,5-8,11-14,17-24,35-40H2/b76-42+. The summed E-state index contributed by atoms with van der Waals surface area (Å²) < 4.78 is 171. The number of fused-ring (bicyclic) bond motifs is 1. The van der Waals surface area contributed by atoms with Crippen LogP contribution < -0.4 is 33.4 Å². The van der Waals surface area contributed by atoms with Crippen LogP contribution in [-0.2, 0) is 38.2 Å². The second-order valence-corrected chi connectivity index (χ2v) is 23.1. The summed E-state index contributed by atoms with van der Waals surface area (Å²) in [5.74, 6) is -24.9. The number of nitrogens with zero attached hydrogens (tertiary/aromatic N) is 3. The van der Waals surface area contributed by atoms with Crippen molar-refractivity contribution < 1.29 is 106 Å². The fourth-order valence-electron chi connectivity index (χ4n) is 9.99. The summed E-state index contributed by atoms with van der Waals surface area (Å²) in [5.41, 5.74) is 0.0519. The van der Waals surface area contributed by atoms with Crippen LogP contribution in [0.5, 0.6) is 34.5 Å². The normalized spacial score (nSPS) is 17.0. The smallest absolute Gasteiger partial charge is 0.460 e. The van der Waals surface area contributed by atoms with Gasteiger partial charge in [0, 0.05) is 24.1 Å². The van der Waals surface area contributed by atoms with Gasteiger partial charge in [-0.2, -0.15) is 44.6 Å². The van der Waals surface area contributed by atoms with Crippen LogP contribution in [-0.4, -0.2) is 104 Å². The molecule has 0 N–H and O–H groups in total. The Balaban J connectivity index is 0.984. The van der Waals surface area contributed by atoms with Gasteiger partial charge in [0.2, 0.25) is 5.13 Å². The minimum absolute atomic E-state index is 0.160. The number of anilines is 1. The minimum atomic E-state index is -7.14. The molecular formula is C66H70F9N3O14S. The first-order chi connectivity index (χ1) is 44.4. The number of benzene rings is 4. The van der Waals surface area contributed by atoms with Crippen LogP contribution in [0.15, 0.2) is 121 Å². The molecule has 2 aliphatic carbocycles. The summed E-state index contributed by atoms with van der Waals surface area (Å²) in [6.45, 7) is 6.79. The lowest BCUT2D eigenvalue weighted by atomic mass is 9.82. The molecular weight excluding hydrogens is 1260 g/mol. The molecule has 0 atom stereocenters. The first-order valence-electron chi connectivity index (χ1n) is 30.3. The van der Waals surface area contributed by atoms with Crippen LogP contribution in [0.1, 0.15) is 115 Å². The molecule has 0 bridgehead atoms. The summed E-state index contributed by atoms with van der Waals surface area (Å²) in [5, 5.41) is 4.42. The Hall–Kier alpha value is -8.49.